The van der Waals surface area contributed by atoms with Gasteiger partial charge in [-0.25, -0.2) is 14.8 Å². The van der Waals surface area contributed by atoms with E-state index in [2.05, 4.69) is 9.97 Å². The van der Waals surface area contributed by atoms with Gasteiger partial charge >= 0.3 is 5.97 Å². The first-order valence-corrected chi connectivity index (χ1v) is 7.03. The van der Waals surface area contributed by atoms with Crippen molar-refractivity contribution in [3.63, 3.8) is 0 Å². The van der Waals surface area contributed by atoms with Gasteiger partial charge in [0.1, 0.15) is 23.1 Å². The fraction of sp³-hybridized carbons (Fsp3) is 0.312. The van der Waals surface area contributed by atoms with Crippen LogP contribution in [0.1, 0.15) is 46.8 Å². The minimum atomic E-state index is -1.08. The van der Waals surface area contributed by atoms with Crippen molar-refractivity contribution >= 4 is 11.9 Å². The van der Waals surface area contributed by atoms with Gasteiger partial charge in [0.15, 0.2) is 0 Å². The van der Waals surface area contributed by atoms with Gasteiger partial charge in [-0.05, 0) is 31.9 Å². The Labute approximate surface area is 129 Å². The van der Waals surface area contributed by atoms with Gasteiger partial charge in [-0.3, -0.25) is 0 Å². The van der Waals surface area contributed by atoms with Crippen molar-refractivity contribution in [2.75, 3.05) is 5.73 Å². The molecule has 0 saturated carbocycles. The maximum absolute atomic E-state index is 11.5. The van der Waals surface area contributed by atoms with Crippen LogP contribution in [0.25, 0.3) is 0 Å². The third kappa shape index (κ3) is 3.16. The Hall–Kier alpha value is -2.63. The van der Waals surface area contributed by atoms with Gasteiger partial charge in [0.25, 0.3) is 0 Å². The summed E-state index contributed by atoms with van der Waals surface area (Å²) in [6.07, 6.45) is 0.0565. The molecule has 1 heterocycles. The zero-order chi connectivity index (χ0) is 16.3. The number of rotatable bonds is 5. The van der Waals surface area contributed by atoms with E-state index < -0.39 is 12.1 Å². The van der Waals surface area contributed by atoms with E-state index in [9.17, 15) is 9.90 Å². The van der Waals surface area contributed by atoms with Gasteiger partial charge in [0, 0.05) is 0 Å². The quantitative estimate of drug-likeness (QED) is 0.881. The summed E-state index contributed by atoms with van der Waals surface area (Å²) < 4.78 is 5.97. The van der Waals surface area contributed by atoms with Gasteiger partial charge in [-0.2, -0.15) is 0 Å². The van der Waals surface area contributed by atoms with Gasteiger partial charge in [0.05, 0.1) is 5.69 Å². The van der Waals surface area contributed by atoms with Crippen molar-refractivity contribution < 1.29 is 14.6 Å². The van der Waals surface area contributed by atoms with Crippen LogP contribution in [0.15, 0.2) is 24.3 Å². The van der Waals surface area contributed by atoms with E-state index in [1.165, 1.54) is 0 Å². The summed E-state index contributed by atoms with van der Waals surface area (Å²) in [6, 6.07) is 7.56. The summed E-state index contributed by atoms with van der Waals surface area (Å²) in [5.41, 5.74) is 7.34. The summed E-state index contributed by atoms with van der Waals surface area (Å²) in [6.45, 7) is 5.44. The number of carboxylic acids is 1. The molecule has 1 unspecified atom stereocenters. The molecule has 0 aliphatic rings. The molecule has 0 aliphatic carbocycles. The molecule has 0 amide bonds. The largest absolute Gasteiger partial charge is 0.484 e. The molecule has 3 N–H and O–H groups in total. The first kappa shape index (κ1) is 15.8. The Balaban J connectivity index is 2.48. The number of aryl methyl sites for hydroxylation is 2. The zero-order valence-corrected chi connectivity index (χ0v) is 12.8. The van der Waals surface area contributed by atoms with Crippen LogP contribution in [-0.2, 0) is 0 Å². The summed E-state index contributed by atoms with van der Waals surface area (Å²) in [5.74, 6) is -0.343. The van der Waals surface area contributed by atoms with Crippen molar-refractivity contribution in [1.29, 1.82) is 0 Å². The second-order valence-electron chi connectivity index (χ2n) is 5.01. The average molecular weight is 301 g/mol. The zero-order valence-electron chi connectivity index (χ0n) is 12.8. The maximum Gasteiger partial charge on any atom is 0.339 e. The molecule has 2 rings (SSSR count). The molecule has 6 heteroatoms. The number of nitrogens with zero attached hydrogens (tertiary/aromatic N) is 2. The molecule has 0 radical (unpaired) electrons. The van der Waals surface area contributed by atoms with Crippen molar-refractivity contribution in [2.45, 2.75) is 33.3 Å². The predicted octanol–water partition coefficient (Wildman–Crippen LogP) is 2.90. The Morgan fingerprint density at radius 1 is 1.32 bits per heavy atom. The highest BCUT2D eigenvalue weighted by atomic mass is 16.5. The number of aromatic nitrogens is 2. The SMILES string of the molecule is CCC(Oc1ccccc1C)c1nc(N)nc(C)c1C(=O)O. The normalized spacial score (nSPS) is 12.0. The van der Waals surface area contributed by atoms with Crippen LogP contribution in [-0.4, -0.2) is 21.0 Å². The number of nitrogen functional groups attached to an aromatic ring is 1. The van der Waals surface area contributed by atoms with Gasteiger partial charge < -0.3 is 15.6 Å². The molecule has 22 heavy (non-hydrogen) atoms. The number of nitrogens with two attached hydrogens (primary N) is 1. The highest BCUT2D eigenvalue weighted by Gasteiger charge is 2.25. The molecular formula is C16H19N3O3. The van der Waals surface area contributed by atoms with Crippen molar-refractivity contribution in [2.24, 2.45) is 0 Å². The Morgan fingerprint density at radius 2 is 2.00 bits per heavy atom. The van der Waals surface area contributed by atoms with Crippen molar-refractivity contribution in [3.05, 3.63) is 46.8 Å². The maximum atomic E-state index is 11.5. The van der Waals surface area contributed by atoms with E-state index in [1.54, 1.807) is 6.92 Å². The Morgan fingerprint density at radius 3 is 2.59 bits per heavy atom. The van der Waals surface area contributed by atoms with Crippen LogP contribution < -0.4 is 10.5 Å². The van der Waals surface area contributed by atoms with Crippen LogP contribution in [0.5, 0.6) is 5.75 Å². The van der Waals surface area contributed by atoms with E-state index in [0.29, 0.717) is 23.6 Å². The number of ether oxygens (including phenoxy) is 1. The number of carboxylic acid groups (broad SMARTS) is 1. The molecular weight excluding hydrogens is 282 g/mol. The van der Waals surface area contributed by atoms with E-state index in [4.69, 9.17) is 10.5 Å². The third-order valence-electron chi connectivity index (χ3n) is 3.39. The molecule has 116 valence electrons. The second-order valence-corrected chi connectivity index (χ2v) is 5.01. The lowest BCUT2D eigenvalue weighted by Crippen LogP contribution is -2.18. The molecule has 1 atom stereocenters. The lowest BCUT2D eigenvalue weighted by molar-refractivity contribution is 0.0688. The number of carbonyl (C=O) groups is 1. The van der Waals surface area contributed by atoms with Gasteiger partial charge in [0.2, 0.25) is 5.95 Å². The standard InChI is InChI=1S/C16H19N3O3/c1-4-11(22-12-8-6-5-7-9(12)2)14-13(15(20)21)10(3)18-16(17)19-14/h5-8,11H,4H2,1-3H3,(H,20,21)(H2,17,18,19). The van der Waals surface area contributed by atoms with Crippen LogP contribution in [0, 0.1) is 13.8 Å². The highest BCUT2D eigenvalue weighted by molar-refractivity contribution is 5.90. The number of hydrogen-bond acceptors (Lipinski definition) is 5. The molecule has 2 aromatic rings. The van der Waals surface area contributed by atoms with E-state index in [0.717, 1.165) is 5.56 Å². The summed E-state index contributed by atoms with van der Waals surface area (Å²) in [7, 11) is 0. The average Bonchev–Trinajstić information content (AvgIpc) is 2.45. The number of anilines is 1. The molecule has 1 aromatic heterocycles. The lowest BCUT2D eigenvalue weighted by Gasteiger charge is -2.20. The number of aromatic carboxylic acids is 1. The van der Waals surface area contributed by atoms with Crippen LogP contribution in [0.3, 0.4) is 0 Å². The smallest absolute Gasteiger partial charge is 0.339 e. The first-order valence-electron chi connectivity index (χ1n) is 7.03. The van der Waals surface area contributed by atoms with E-state index in [-0.39, 0.29) is 11.5 Å². The first-order chi connectivity index (χ1) is 10.4. The van der Waals surface area contributed by atoms with E-state index in [1.807, 2.05) is 38.1 Å². The monoisotopic (exact) mass is 301 g/mol. The highest BCUT2D eigenvalue weighted by Crippen LogP contribution is 2.29. The summed E-state index contributed by atoms with van der Waals surface area (Å²) in [5, 5.41) is 9.43. The minimum Gasteiger partial charge on any atom is -0.484 e. The van der Waals surface area contributed by atoms with Crippen LogP contribution in [0.2, 0.25) is 0 Å². The summed E-state index contributed by atoms with van der Waals surface area (Å²) in [4.78, 5) is 19.6. The lowest BCUT2D eigenvalue weighted by atomic mass is 10.1. The second kappa shape index (κ2) is 6.43. The third-order valence-corrected chi connectivity index (χ3v) is 3.39. The topological polar surface area (TPSA) is 98.3 Å². The number of benzene rings is 1. The predicted molar refractivity (Wildman–Crippen MR) is 83.0 cm³/mol. The fourth-order valence-corrected chi connectivity index (χ4v) is 2.29. The van der Waals surface area contributed by atoms with Crippen LogP contribution in [0.4, 0.5) is 5.95 Å². The minimum absolute atomic E-state index is 0.0457. The molecule has 1 aromatic carbocycles. The molecule has 0 bridgehead atoms. The molecule has 0 spiro atoms. The van der Waals surface area contributed by atoms with E-state index >= 15 is 0 Å². The fourth-order valence-electron chi connectivity index (χ4n) is 2.29. The van der Waals surface area contributed by atoms with Crippen molar-refractivity contribution in [3.8, 4) is 5.75 Å². The van der Waals surface area contributed by atoms with Crippen molar-refractivity contribution in [1.82, 2.24) is 9.97 Å². The molecule has 0 aliphatic heterocycles. The molecule has 0 fully saturated rings. The number of hydrogen-bond donors (Lipinski definition) is 2. The van der Waals surface area contributed by atoms with Gasteiger partial charge in [-0.1, -0.05) is 25.1 Å². The van der Waals surface area contributed by atoms with Crippen LogP contribution >= 0.6 is 0 Å². The number of para-hydroxylation sites is 1. The Bertz CT molecular complexity index is 701. The Kier molecular flexibility index (Phi) is 4.60. The molecule has 0 saturated heterocycles. The summed E-state index contributed by atoms with van der Waals surface area (Å²) >= 11 is 0. The van der Waals surface area contributed by atoms with Gasteiger partial charge in [-0.15, -0.1) is 0 Å². The molecule has 6 nitrogen and oxygen atoms in total.